The molecule has 0 bridgehead atoms. The van der Waals surface area contributed by atoms with Gasteiger partial charge >= 0.3 is 0 Å². The summed E-state index contributed by atoms with van der Waals surface area (Å²) in [4.78, 5) is 0. The minimum Gasteiger partial charge on any atom is -0.308 e. The van der Waals surface area contributed by atoms with Crippen LogP contribution in [-0.4, -0.2) is 15.8 Å². The van der Waals surface area contributed by atoms with Gasteiger partial charge in [-0.2, -0.15) is 5.10 Å². The van der Waals surface area contributed by atoms with Crippen molar-refractivity contribution in [3.05, 3.63) is 18.0 Å². The van der Waals surface area contributed by atoms with Gasteiger partial charge in [0, 0.05) is 24.8 Å². The van der Waals surface area contributed by atoms with Crippen molar-refractivity contribution in [2.75, 3.05) is 0 Å². The third-order valence-electron chi connectivity index (χ3n) is 4.48. The Hall–Kier alpha value is -0.830. The molecule has 19 heavy (non-hydrogen) atoms. The zero-order valence-electron chi connectivity index (χ0n) is 12.9. The van der Waals surface area contributed by atoms with Crippen LogP contribution in [-0.2, 0) is 6.54 Å². The summed E-state index contributed by atoms with van der Waals surface area (Å²) in [5.74, 6) is 0. The zero-order valence-corrected chi connectivity index (χ0v) is 12.9. The monoisotopic (exact) mass is 263 g/mol. The van der Waals surface area contributed by atoms with Crippen molar-refractivity contribution in [1.29, 1.82) is 0 Å². The second-order valence-electron chi connectivity index (χ2n) is 6.88. The molecule has 1 heterocycles. The van der Waals surface area contributed by atoms with Crippen LogP contribution >= 0.6 is 0 Å². The molecule has 2 atom stereocenters. The minimum absolute atomic E-state index is 0.502. The first-order valence-electron chi connectivity index (χ1n) is 7.77. The molecule has 0 saturated heterocycles. The Morgan fingerprint density at radius 2 is 2.32 bits per heavy atom. The normalized spacial score (nSPS) is 24.3. The summed E-state index contributed by atoms with van der Waals surface area (Å²) in [5, 5.41) is 8.34. The van der Waals surface area contributed by atoms with Gasteiger partial charge in [-0.1, -0.05) is 27.2 Å². The van der Waals surface area contributed by atoms with Crippen molar-refractivity contribution in [3.63, 3.8) is 0 Å². The van der Waals surface area contributed by atoms with Crippen molar-refractivity contribution in [2.24, 2.45) is 5.41 Å². The van der Waals surface area contributed by atoms with Crippen LogP contribution in [0.5, 0.6) is 0 Å². The first kappa shape index (κ1) is 14.6. The first-order chi connectivity index (χ1) is 9.00. The lowest BCUT2D eigenvalue weighted by molar-refractivity contribution is 0.197. The van der Waals surface area contributed by atoms with Gasteiger partial charge in [-0.05, 0) is 44.1 Å². The molecule has 0 aromatic carbocycles. The molecule has 3 nitrogen and oxygen atoms in total. The Bertz CT molecular complexity index is 394. The Morgan fingerprint density at radius 3 is 3.00 bits per heavy atom. The van der Waals surface area contributed by atoms with E-state index in [1.165, 1.54) is 31.4 Å². The summed E-state index contributed by atoms with van der Waals surface area (Å²) in [6.07, 6.45) is 8.57. The lowest BCUT2D eigenvalue weighted by Gasteiger charge is -2.35. The fraction of sp³-hybridized carbons (Fsp3) is 0.812. The summed E-state index contributed by atoms with van der Waals surface area (Å²) in [6.45, 7) is 10.1. The van der Waals surface area contributed by atoms with Crippen LogP contribution in [0.2, 0.25) is 0 Å². The minimum atomic E-state index is 0.502. The van der Waals surface area contributed by atoms with Crippen LogP contribution in [0.1, 0.15) is 71.5 Å². The maximum atomic E-state index is 4.66. The lowest BCUT2D eigenvalue weighted by Crippen LogP contribution is -2.36. The van der Waals surface area contributed by atoms with E-state index in [-0.39, 0.29) is 0 Å². The Balaban J connectivity index is 1.83. The van der Waals surface area contributed by atoms with Crippen molar-refractivity contribution < 1.29 is 0 Å². The second kappa shape index (κ2) is 6.08. The molecule has 108 valence electrons. The van der Waals surface area contributed by atoms with Crippen molar-refractivity contribution >= 4 is 0 Å². The average Bonchev–Trinajstić information content (AvgIpc) is 2.83. The van der Waals surface area contributed by atoms with Crippen LogP contribution in [0.25, 0.3) is 0 Å². The van der Waals surface area contributed by atoms with Crippen LogP contribution in [0.3, 0.4) is 0 Å². The number of hydrogen-bond acceptors (Lipinski definition) is 2. The van der Waals surface area contributed by atoms with Crippen LogP contribution in [0, 0.1) is 5.41 Å². The van der Waals surface area contributed by atoms with Crippen LogP contribution < -0.4 is 5.32 Å². The molecule has 3 heteroatoms. The number of nitrogens with zero attached hydrogens (tertiary/aromatic N) is 2. The fourth-order valence-corrected chi connectivity index (χ4v) is 3.03. The summed E-state index contributed by atoms with van der Waals surface area (Å²) >= 11 is 0. The topological polar surface area (TPSA) is 29.9 Å². The predicted octanol–water partition coefficient (Wildman–Crippen LogP) is 3.91. The molecule has 2 rings (SSSR count). The number of nitrogens with one attached hydrogen (secondary N) is 1. The third-order valence-corrected chi connectivity index (χ3v) is 4.48. The van der Waals surface area contributed by atoms with Gasteiger partial charge in [0.05, 0.1) is 5.69 Å². The standard InChI is InChI=1S/C16H29N3/c1-5-13(2)19-10-8-15(18-19)12-17-14-7-6-9-16(3,4)11-14/h8,10,13-14,17H,5-7,9,11-12H2,1-4H3. The molecule has 0 radical (unpaired) electrons. The van der Waals surface area contributed by atoms with Crippen molar-refractivity contribution in [1.82, 2.24) is 15.1 Å². The zero-order chi connectivity index (χ0) is 13.9. The number of hydrogen-bond donors (Lipinski definition) is 1. The summed E-state index contributed by atoms with van der Waals surface area (Å²) in [7, 11) is 0. The molecule has 1 aliphatic rings. The van der Waals surface area contributed by atoms with E-state index in [1.807, 2.05) is 0 Å². The van der Waals surface area contributed by atoms with E-state index >= 15 is 0 Å². The van der Waals surface area contributed by atoms with E-state index in [9.17, 15) is 0 Å². The van der Waals surface area contributed by atoms with Gasteiger partial charge in [-0.3, -0.25) is 4.68 Å². The summed E-state index contributed by atoms with van der Waals surface area (Å²) < 4.78 is 2.09. The Kier molecular flexibility index (Phi) is 4.67. The molecule has 0 spiro atoms. The molecule has 2 unspecified atom stereocenters. The van der Waals surface area contributed by atoms with Gasteiger partial charge in [-0.15, -0.1) is 0 Å². The smallest absolute Gasteiger partial charge is 0.0762 e. The predicted molar refractivity (Wildman–Crippen MR) is 80.1 cm³/mol. The average molecular weight is 263 g/mol. The SMILES string of the molecule is CCC(C)n1ccc(CNC2CCCC(C)(C)C2)n1. The quantitative estimate of drug-likeness (QED) is 0.873. The van der Waals surface area contributed by atoms with E-state index in [1.54, 1.807) is 0 Å². The molecule has 0 amide bonds. The summed E-state index contributed by atoms with van der Waals surface area (Å²) in [6, 6.07) is 3.31. The Labute approximate surface area is 117 Å². The highest BCUT2D eigenvalue weighted by Crippen LogP contribution is 2.35. The van der Waals surface area contributed by atoms with E-state index in [0.29, 0.717) is 17.5 Å². The highest BCUT2D eigenvalue weighted by molar-refractivity contribution is 5.00. The second-order valence-corrected chi connectivity index (χ2v) is 6.88. The van der Waals surface area contributed by atoms with Crippen molar-refractivity contribution in [3.8, 4) is 0 Å². The number of aromatic nitrogens is 2. The van der Waals surface area contributed by atoms with E-state index in [0.717, 1.165) is 13.0 Å². The third kappa shape index (κ3) is 4.07. The van der Waals surface area contributed by atoms with E-state index in [2.05, 4.69) is 55.1 Å². The first-order valence-corrected chi connectivity index (χ1v) is 7.77. The maximum absolute atomic E-state index is 4.66. The van der Waals surface area contributed by atoms with Gasteiger partial charge in [0.25, 0.3) is 0 Å². The molecule has 0 aliphatic heterocycles. The molecular weight excluding hydrogens is 234 g/mol. The number of rotatable bonds is 5. The molecule has 1 aromatic rings. The van der Waals surface area contributed by atoms with Gasteiger partial charge in [-0.25, -0.2) is 0 Å². The molecule has 1 aromatic heterocycles. The van der Waals surface area contributed by atoms with Gasteiger partial charge in [0.2, 0.25) is 0 Å². The molecule has 1 N–H and O–H groups in total. The van der Waals surface area contributed by atoms with Gasteiger partial charge in [0.1, 0.15) is 0 Å². The van der Waals surface area contributed by atoms with Crippen LogP contribution in [0.4, 0.5) is 0 Å². The maximum Gasteiger partial charge on any atom is 0.0762 e. The van der Waals surface area contributed by atoms with Crippen LogP contribution in [0.15, 0.2) is 12.3 Å². The molecular formula is C16H29N3. The highest BCUT2D eigenvalue weighted by Gasteiger charge is 2.27. The van der Waals surface area contributed by atoms with Gasteiger partial charge < -0.3 is 5.32 Å². The lowest BCUT2D eigenvalue weighted by atomic mass is 9.75. The van der Waals surface area contributed by atoms with E-state index < -0.39 is 0 Å². The van der Waals surface area contributed by atoms with E-state index in [4.69, 9.17) is 0 Å². The Morgan fingerprint density at radius 1 is 1.53 bits per heavy atom. The summed E-state index contributed by atoms with van der Waals surface area (Å²) in [5.41, 5.74) is 1.68. The molecule has 1 saturated carbocycles. The van der Waals surface area contributed by atoms with Crippen molar-refractivity contribution in [2.45, 2.75) is 78.4 Å². The largest absolute Gasteiger partial charge is 0.308 e. The molecule has 1 aliphatic carbocycles. The molecule has 1 fully saturated rings. The highest BCUT2D eigenvalue weighted by atomic mass is 15.3. The van der Waals surface area contributed by atoms with Gasteiger partial charge in [0.15, 0.2) is 0 Å². The fourth-order valence-electron chi connectivity index (χ4n) is 3.03.